The van der Waals surface area contributed by atoms with E-state index in [-0.39, 0.29) is 5.75 Å². The van der Waals surface area contributed by atoms with Gasteiger partial charge in [0.1, 0.15) is 12.1 Å². The minimum atomic E-state index is -4.69. The quantitative estimate of drug-likeness (QED) is 0.665. The van der Waals surface area contributed by atoms with Crippen molar-refractivity contribution < 1.29 is 17.9 Å². The van der Waals surface area contributed by atoms with Crippen LogP contribution >= 0.6 is 0 Å². The average Bonchev–Trinajstić information content (AvgIpc) is 2.89. The minimum absolute atomic E-state index is 0.240. The highest BCUT2D eigenvalue weighted by molar-refractivity contribution is 5.70. The van der Waals surface area contributed by atoms with Crippen LogP contribution in [0.5, 0.6) is 5.75 Å². The van der Waals surface area contributed by atoms with Crippen molar-refractivity contribution in [2.24, 2.45) is 0 Å². The van der Waals surface area contributed by atoms with Gasteiger partial charge in [0.05, 0.1) is 17.4 Å². The van der Waals surface area contributed by atoms with Gasteiger partial charge in [0.2, 0.25) is 0 Å². The van der Waals surface area contributed by atoms with Crippen LogP contribution in [0, 0.1) is 13.8 Å². The van der Waals surface area contributed by atoms with Gasteiger partial charge in [-0.2, -0.15) is 5.10 Å². The molecule has 0 atom stereocenters. The second-order valence-electron chi connectivity index (χ2n) is 4.96. The molecule has 0 aliphatic heterocycles. The molecule has 128 valence electrons. The normalized spacial score (nSPS) is 11.1. The number of alkyl halides is 3. The molecule has 0 bridgehead atoms. The van der Waals surface area contributed by atoms with Gasteiger partial charge in [-0.3, -0.25) is 0 Å². The summed E-state index contributed by atoms with van der Waals surface area (Å²) in [6.45, 7) is 7.65. The zero-order valence-electron chi connectivity index (χ0n) is 13.8. The molecule has 0 unspecified atom stereocenters. The highest BCUT2D eigenvalue weighted by Gasteiger charge is 2.31. The van der Waals surface area contributed by atoms with Crippen LogP contribution in [0.3, 0.4) is 0 Å². The van der Waals surface area contributed by atoms with E-state index in [1.54, 1.807) is 30.0 Å². The summed E-state index contributed by atoms with van der Waals surface area (Å²) in [5.41, 5.74) is 3.97. The predicted molar refractivity (Wildman–Crippen MR) is 85.9 cm³/mol. The molecule has 2 aromatic heterocycles. The Labute approximate surface area is 137 Å². The summed E-state index contributed by atoms with van der Waals surface area (Å²) in [4.78, 5) is 4.29. The number of ether oxygens (including phenoxy) is 1. The summed E-state index contributed by atoms with van der Waals surface area (Å²) in [6, 6.07) is 6.05. The lowest BCUT2D eigenvalue weighted by Crippen LogP contribution is -2.17. The molecular weight excluding hydrogens is 319 g/mol. The number of benzene rings is 1. The standard InChI is InChI=1S/C15H12F3N3O.C2H6/c1-9-5-11(22-15(16,17)18)3-4-12(9)13-6-14-10(2)7-20-21(14)8-19-13;1-2/h3-8H,1-2H3;1-2H3. The van der Waals surface area contributed by atoms with Gasteiger partial charge in [0.15, 0.2) is 0 Å². The maximum Gasteiger partial charge on any atom is 0.573 e. The minimum Gasteiger partial charge on any atom is -0.406 e. The lowest BCUT2D eigenvalue weighted by Gasteiger charge is -2.11. The van der Waals surface area contributed by atoms with Crippen LogP contribution in [0.25, 0.3) is 16.8 Å². The van der Waals surface area contributed by atoms with E-state index in [1.165, 1.54) is 12.1 Å². The van der Waals surface area contributed by atoms with Crippen molar-refractivity contribution in [2.75, 3.05) is 0 Å². The summed E-state index contributed by atoms with van der Waals surface area (Å²) in [5.74, 6) is -0.240. The number of hydrogen-bond donors (Lipinski definition) is 0. The Hall–Kier alpha value is -2.57. The molecule has 0 amide bonds. The number of aromatic nitrogens is 3. The van der Waals surface area contributed by atoms with E-state index in [9.17, 15) is 13.2 Å². The number of hydrogen-bond acceptors (Lipinski definition) is 3. The zero-order chi connectivity index (χ0) is 17.9. The van der Waals surface area contributed by atoms with E-state index < -0.39 is 6.36 Å². The number of nitrogens with zero attached hydrogens (tertiary/aromatic N) is 3. The predicted octanol–water partition coefficient (Wildman–Crippen LogP) is 4.94. The number of fused-ring (bicyclic) bond motifs is 1. The monoisotopic (exact) mass is 337 g/mol. The Balaban J connectivity index is 0.00000100. The molecule has 0 fully saturated rings. The van der Waals surface area contributed by atoms with E-state index in [4.69, 9.17) is 0 Å². The summed E-state index contributed by atoms with van der Waals surface area (Å²) < 4.78 is 42.3. The maximum atomic E-state index is 12.2. The van der Waals surface area contributed by atoms with Gasteiger partial charge in [-0.15, -0.1) is 13.2 Å². The molecule has 0 aliphatic carbocycles. The molecule has 7 heteroatoms. The van der Waals surface area contributed by atoms with Crippen molar-refractivity contribution >= 4 is 5.52 Å². The lowest BCUT2D eigenvalue weighted by atomic mass is 10.0. The molecule has 3 rings (SSSR count). The van der Waals surface area contributed by atoms with Crippen LogP contribution < -0.4 is 4.74 Å². The fourth-order valence-corrected chi connectivity index (χ4v) is 2.28. The highest BCUT2D eigenvalue weighted by Crippen LogP contribution is 2.29. The van der Waals surface area contributed by atoms with Gasteiger partial charge in [0, 0.05) is 5.56 Å². The lowest BCUT2D eigenvalue weighted by molar-refractivity contribution is -0.274. The molecule has 0 aliphatic rings. The Morgan fingerprint density at radius 1 is 1.04 bits per heavy atom. The van der Waals surface area contributed by atoms with Crippen LogP contribution in [0.2, 0.25) is 0 Å². The number of halogens is 3. The first-order valence-corrected chi connectivity index (χ1v) is 7.50. The van der Waals surface area contributed by atoms with Gasteiger partial charge in [-0.05, 0) is 49.2 Å². The van der Waals surface area contributed by atoms with Crippen LogP contribution in [0.15, 0.2) is 36.8 Å². The Morgan fingerprint density at radius 2 is 1.75 bits per heavy atom. The van der Waals surface area contributed by atoms with Gasteiger partial charge in [0.25, 0.3) is 0 Å². The van der Waals surface area contributed by atoms with Crippen molar-refractivity contribution in [3.63, 3.8) is 0 Å². The molecule has 24 heavy (non-hydrogen) atoms. The van der Waals surface area contributed by atoms with Crippen LogP contribution in [-0.4, -0.2) is 21.0 Å². The maximum absolute atomic E-state index is 12.2. The number of aryl methyl sites for hydroxylation is 2. The fraction of sp³-hybridized carbons (Fsp3) is 0.294. The average molecular weight is 337 g/mol. The summed E-state index contributed by atoms with van der Waals surface area (Å²) in [6.07, 6.45) is -1.38. The van der Waals surface area contributed by atoms with Gasteiger partial charge < -0.3 is 4.74 Å². The summed E-state index contributed by atoms with van der Waals surface area (Å²) >= 11 is 0. The second kappa shape index (κ2) is 6.90. The summed E-state index contributed by atoms with van der Waals surface area (Å²) in [7, 11) is 0. The Kier molecular flexibility index (Phi) is 5.11. The third-order valence-electron chi connectivity index (χ3n) is 3.31. The van der Waals surface area contributed by atoms with Crippen LogP contribution in [0.4, 0.5) is 13.2 Å². The zero-order valence-corrected chi connectivity index (χ0v) is 13.8. The highest BCUT2D eigenvalue weighted by atomic mass is 19.4. The van der Waals surface area contributed by atoms with Crippen molar-refractivity contribution in [3.8, 4) is 17.0 Å². The van der Waals surface area contributed by atoms with E-state index in [0.29, 0.717) is 11.3 Å². The van der Waals surface area contributed by atoms with Crippen molar-refractivity contribution in [1.82, 2.24) is 14.6 Å². The first-order chi connectivity index (χ1) is 11.3. The molecular formula is C17H18F3N3O. The van der Waals surface area contributed by atoms with Gasteiger partial charge in [-0.25, -0.2) is 9.50 Å². The Morgan fingerprint density at radius 3 is 2.38 bits per heavy atom. The molecule has 0 radical (unpaired) electrons. The largest absolute Gasteiger partial charge is 0.573 e. The van der Waals surface area contributed by atoms with Crippen LogP contribution in [-0.2, 0) is 0 Å². The van der Waals surface area contributed by atoms with E-state index in [2.05, 4.69) is 14.8 Å². The van der Waals surface area contributed by atoms with Crippen LogP contribution in [0.1, 0.15) is 25.0 Å². The first kappa shape index (κ1) is 17.8. The molecule has 4 nitrogen and oxygen atoms in total. The molecule has 0 saturated carbocycles. The Bertz CT molecular complexity index is 841. The fourth-order valence-electron chi connectivity index (χ4n) is 2.28. The van der Waals surface area contributed by atoms with Gasteiger partial charge >= 0.3 is 6.36 Å². The van der Waals surface area contributed by atoms with E-state index in [1.807, 2.05) is 26.8 Å². The molecule has 1 aromatic carbocycles. The third-order valence-corrected chi connectivity index (χ3v) is 3.31. The smallest absolute Gasteiger partial charge is 0.406 e. The molecule has 3 aromatic rings. The molecule has 2 heterocycles. The SMILES string of the molecule is CC.Cc1cc(OC(F)(F)F)ccc1-c1cc2c(C)cnn2cn1. The van der Waals surface area contributed by atoms with Crippen molar-refractivity contribution in [1.29, 1.82) is 0 Å². The molecule has 0 saturated heterocycles. The summed E-state index contributed by atoms with van der Waals surface area (Å²) in [5, 5.41) is 4.14. The number of rotatable bonds is 2. The van der Waals surface area contributed by atoms with Crippen molar-refractivity contribution in [2.45, 2.75) is 34.1 Å². The molecule has 0 N–H and O–H groups in total. The van der Waals surface area contributed by atoms with Gasteiger partial charge in [-0.1, -0.05) is 13.8 Å². The van der Waals surface area contributed by atoms with E-state index >= 15 is 0 Å². The van der Waals surface area contributed by atoms with E-state index in [0.717, 1.165) is 16.6 Å². The molecule has 0 spiro atoms. The van der Waals surface area contributed by atoms with Crippen molar-refractivity contribution in [3.05, 3.63) is 47.9 Å². The second-order valence-corrected chi connectivity index (χ2v) is 4.96. The first-order valence-electron chi connectivity index (χ1n) is 7.50. The topological polar surface area (TPSA) is 39.4 Å². The third kappa shape index (κ3) is 3.84.